The zero-order valence-corrected chi connectivity index (χ0v) is 12.3. The molecule has 114 valence electrons. The van der Waals surface area contributed by atoms with E-state index in [1.807, 2.05) is 6.07 Å². The van der Waals surface area contributed by atoms with Crippen LogP contribution in [0, 0.1) is 5.82 Å². The topological polar surface area (TPSA) is 76.4 Å². The number of rotatable bonds is 5. The molecule has 0 aliphatic rings. The van der Waals surface area contributed by atoms with Gasteiger partial charge in [0.2, 0.25) is 10.0 Å². The number of halogens is 1. The molecule has 1 aromatic carbocycles. The average molecular weight is 320 g/mol. The van der Waals surface area contributed by atoms with Crippen molar-refractivity contribution in [3.8, 4) is 0 Å². The lowest BCUT2D eigenvalue weighted by atomic mass is 10.2. The van der Waals surface area contributed by atoms with Crippen LogP contribution in [0.2, 0.25) is 0 Å². The van der Waals surface area contributed by atoms with Crippen molar-refractivity contribution in [1.29, 1.82) is 0 Å². The van der Waals surface area contributed by atoms with Crippen LogP contribution < -0.4 is 4.72 Å². The SMILES string of the molecule is O=S(=O)(Cc1cccc(F)c1)NCc1nnc2ccccn12. The molecule has 3 aromatic rings. The zero-order valence-electron chi connectivity index (χ0n) is 11.5. The molecule has 0 aliphatic heterocycles. The van der Waals surface area contributed by atoms with E-state index in [4.69, 9.17) is 0 Å². The first-order valence-electron chi connectivity index (χ1n) is 6.54. The van der Waals surface area contributed by atoms with Gasteiger partial charge in [-0.25, -0.2) is 17.5 Å². The van der Waals surface area contributed by atoms with Gasteiger partial charge in [-0.15, -0.1) is 10.2 Å². The second kappa shape index (κ2) is 5.82. The highest BCUT2D eigenvalue weighted by Crippen LogP contribution is 2.08. The summed E-state index contributed by atoms with van der Waals surface area (Å²) >= 11 is 0. The number of pyridine rings is 1. The van der Waals surface area contributed by atoms with E-state index in [-0.39, 0.29) is 12.3 Å². The van der Waals surface area contributed by atoms with Crippen LogP contribution in [-0.2, 0) is 22.3 Å². The highest BCUT2D eigenvalue weighted by Gasteiger charge is 2.14. The van der Waals surface area contributed by atoms with E-state index in [9.17, 15) is 12.8 Å². The molecular formula is C14H13FN4O2S. The highest BCUT2D eigenvalue weighted by molar-refractivity contribution is 7.88. The third-order valence-corrected chi connectivity index (χ3v) is 4.38. The van der Waals surface area contributed by atoms with E-state index in [0.29, 0.717) is 17.0 Å². The summed E-state index contributed by atoms with van der Waals surface area (Å²) in [5.74, 6) is -0.267. The Hall–Kier alpha value is -2.32. The van der Waals surface area contributed by atoms with Crippen LogP contribution >= 0.6 is 0 Å². The maximum absolute atomic E-state index is 13.1. The first kappa shape index (κ1) is 14.6. The predicted molar refractivity (Wildman–Crippen MR) is 78.9 cm³/mol. The van der Waals surface area contributed by atoms with Gasteiger partial charge < -0.3 is 0 Å². The van der Waals surface area contributed by atoms with Gasteiger partial charge in [-0.05, 0) is 29.8 Å². The van der Waals surface area contributed by atoms with Crippen LogP contribution in [0.15, 0.2) is 48.7 Å². The number of hydrogen-bond donors (Lipinski definition) is 1. The number of benzene rings is 1. The normalized spacial score (nSPS) is 11.9. The molecule has 0 saturated carbocycles. The number of fused-ring (bicyclic) bond motifs is 1. The van der Waals surface area contributed by atoms with E-state index in [0.717, 1.165) is 0 Å². The summed E-state index contributed by atoms with van der Waals surface area (Å²) in [4.78, 5) is 0. The summed E-state index contributed by atoms with van der Waals surface area (Å²) < 4.78 is 41.3. The molecule has 0 amide bonds. The van der Waals surface area contributed by atoms with Crippen molar-refractivity contribution in [3.05, 3.63) is 65.9 Å². The molecule has 0 aliphatic carbocycles. The minimum atomic E-state index is -3.59. The maximum Gasteiger partial charge on any atom is 0.216 e. The summed E-state index contributed by atoms with van der Waals surface area (Å²) in [6.45, 7) is 0.0167. The van der Waals surface area contributed by atoms with Crippen LogP contribution in [0.1, 0.15) is 11.4 Å². The minimum Gasteiger partial charge on any atom is -0.285 e. The molecule has 0 spiro atoms. The Balaban J connectivity index is 1.72. The second-order valence-corrected chi connectivity index (χ2v) is 6.56. The molecule has 0 atom stereocenters. The number of nitrogens with one attached hydrogen (secondary N) is 1. The van der Waals surface area contributed by atoms with Gasteiger partial charge in [0.15, 0.2) is 11.5 Å². The molecule has 2 aromatic heterocycles. The van der Waals surface area contributed by atoms with Gasteiger partial charge in [-0.1, -0.05) is 18.2 Å². The Morgan fingerprint density at radius 3 is 2.82 bits per heavy atom. The maximum atomic E-state index is 13.1. The third-order valence-electron chi connectivity index (χ3n) is 3.08. The Morgan fingerprint density at radius 1 is 1.14 bits per heavy atom. The Bertz CT molecular complexity index is 908. The zero-order chi connectivity index (χ0) is 15.6. The molecule has 0 saturated heterocycles. The molecule has 0 bridgehead atoms. The molecule has 8 heteroatoms. The van der Waals surface area contributed by atoms with Crippen molar-refractivity contribution in [2.24, 2.45) is 0 Å². The van der Waals surface area contributed by atoms with Crippen LogP contribution in [0.5, 0.6) is 0 Å². The fraction of sp³-hybridized carbons (Fsp3) is 0.143. The number of hydrogen-bond acceptors (Lipinski definition) is 4. The lowest BCUT2D eigenvalue weighted by molar-refractivity contribution is 0.577. The largest absolute Gasteiger partial charge is 0.285 e. The van der Waals surface area contributed by atoms with E-state index < -0.39 is 15.8 Å². The van der Waals surface area contributed by atoms with Gasteiger partial charge in [-0.3, -0.25) is 4.40 Å². The van der Waals surface area contributed by atoms with Crippen molar-refractivity contribution in [2.45, 2.75) is 12.3 Å². The number of sulfonamides is 1. The number of nitrogens with zero attached hydrogens (tertiary/aromatic N) is 3. The first-order chi connectivity index (χ1) is 10.5. The van der Waals surface area contributed by atoms with Gasteiger partial charge in [0, 0.05) is 6.20 Å². The van der Waals surface area contributed by atoms with Gasteiger partial charge in [0.1, 0.15) is 5.82 Å². The summed E-state index contributed by atoms with van der Waals surface area (Å²) in [6.07, 6.45) is 1.76. The predicted octanol–water partition coefficient (Wildman–Crippen LogP) is 1.49. The molecule has 0 fully saturated rings. The van der Waals surface area contributed by atoms with Crippen molar-refractivity contribution >= 4 is 15.7 Å². The summed E-state index contributed by atoms with van der Waals surface area (Å²) in [6, 6.07) is 10.9. The molecule has 1 N–H and O–H groups in total. The molecule has 2 heterocycles. The molecular weight excluding hydrogens is 307 g/mol. The number of aromatic nitrogens is 3. The van der Waals surface area contributed by atoms with Crippen molar-refractivity contribution in [3.63, 3.8) is 0 Å². The van der Waals surface area contributed by atoms with Gasteiger partial charge in [0.25, 0.3) is 0 Å². The standard InChI is InChI=1S/C14H13FN4O2S/c15-12-5-3-4-11(8-12)10-22(20,21)16-9-14-18-17-13-6-1-2-7-19(13)14/h1-8,16H,9-10H2. The summed E-state index contributed by atoms with van der Waals surface area (Å²) in [7, 11) is -3.59. The Labute approximate surface area is 126 Å². The van der Waals surface area contributed by atoms with E-state index in [1.165, 1.54) is 18.2 Å². The molecule has 0 radical (unpaired) electrons. The van der Waals surface area contributed by atoms with Crippen molar-refractivity contribution in [1.82, 2.24) is 19.3 Å². The average Bonchev–Trinajstić information content (AvgIpc) is 2.88. The van der Waals surface area contributed by atoms with Crippen molar-refractivity contribution in [2.75, 3.05) is 0 Å². The minimum absolute atomic E-state index is 0.0167. The smallest absolute Gasteiger partial charge is 0.216 e. The first-order valence-corrected chi connectivity index (χ1v) is 8.19. The van der Waals surface area contributed by atoms with Gasteiger partial charge in [-0.2, -0.15) is 0 Å². The summed E-state index contributed by atoms with van der Waals surface area (Å²) in [5.41, 5.74) is 1.03. The second-order valence-electron chi connectivity index (χ2n) is 4.76. The highest BCUT2D eigenvalue weighted by atomic mass is 32.2. The monoisotopic (exact) mass is 320 g/mol. The molecule has 22 heavy (non-hydrogen) atoms. The van der Waals surface area contributed by atoms with Crippen LogP contribution in [0.3, 0.4) is 0 Å². The van der Waals surface area contributed by atoms with Gasteiger partial charge >= 0.3 is 0 Å². The van der Waals surface area contributed by atoms with E-state index >= 15 is 0 Å². The molecule has 3 rings (SSSR count). The fourth-order valence-corrected chi connectivity index (χ4v) is 3.15. The van der Waals surface area contributed by atoms with Gasteiger partial charge in [0.05, 0.1) is 12.3 Å². The fourth-order valence-electron chi connectivity index (χ4n) is 2.08. The quantitative estimate of drug-likeness (QED) is 0.773. The van der Waals surface area contributed by atoms with Crippen LogP contribution in [0.25, 0.3) is 5.65 Å². The van der Waals surface area contributed by atoms with Crippen LogP contribution in [-0.4, -0.2) is 23.0 Å². The van der Waals surface area contributed by atoms with E-state index in [1.54, 1.807) is 28.8 Å². The Kier molecular flexibility index (Phi) is 3.86. The van der Waals surface area contributed by atoms with Crippen LogP contribution in [0.4, 0.5) is 4.39 Å². The Morgan fingerprint density at radius 2 is 2.00 bits per heavy atom. The lowest BCUT2D eigenvalue weighted by Crippen LogP contribution is -2.25. The van der Waals surface area contributed by atoms with E-state index in [2.05, 4.69) is 14.9 Å². The van der Waals surface area contributed by atoms with Crippen molar-refractivity contribution < 1.29 is 12.8 Å². The molecule has 6 nitrogen and oxygen atoms in total. The third kappa shape index (κ3) is 3.29. The lowest BCUT2D eigenvalue weighted by Gasteiger charge is -2.06. The summed E-state index contributed by atoms with van der Waals surface area (Å²) in [5, 5.41) is 7.89. The molecule has 0 unspecified atom stereocenters.